The minimum Gasteiger partial charge on any atom is -0.504 e. The van der Waals surface area contributed by atoms with Crippen LogP contribution in [0.1, 0.15) is 10.4 Å². The smallest absolute Gasteiger partial charge is 0.317 e. The van der Waals surface area contributed by atoms with Crippen LogP contribution < -0.4 is 4.74 Å². The molecule has 2 atom stereocenters. The van der Waals surface area contributed by atoms with Gasteiger partial charge in [0.05, 0.1) is 32.9 Å². The van der Waals surface area contributed by atoms with Gasteiger partial charge in [0.15, 0.2) is 11.5 Å². The van der Waals surface area contributed by atoms with Crippen LogP contribution in [0, 0.1) is 5.92 Å². The standard InChI is InChI=1S/C17H22N2O6/c1-24-15-3-2-12(4-14(15)20)17(23)19-6-11-5-18(8-16(21)22)7-13(19)10-25-9-11/h2-4,11,13,20H,5-10H2,1H3,(H,21,22)/t11-,13-/m0/s1. The number of phenols is 1. The molecule has 0 aromatic heterocycles. The van der Waals surface area contributed by atoms with Gasteiger partial charge < -0.3 is 24.6 Å². The number of fused-ring (bicyclic) bond motifs is 3. The molecule has 25 heavy (non-hydrogen) atoms. The number of methoxy groups -OCH3 is 1. The number of benzene rings is 1. The highest BCUT2D eigenvalue weighted by Gasteiger charge is 2.36. The van der Waals surface area contributed by atoms with Gasteiger partial charge in [-0.2, -0.15) is 0 Å². The second-order valence-electron chi connectivity index (χ2n) is 6.49. The fraction of sp³-hybridized carbons (Fsp3) is 0.529. The number of carbonyl (C=O) groups is 2. The number of nitrogens with zero attached hydrogens (tertiary/aromatic N) is 2. The third-order valence-corrected chi connectivity index (χ3v) is 4.59. The summed E-state index contributed by atoms with van der Waals surface area (Å²) in [5.41, 5.74) is 0.371. The van der Waals surface area contributed by atoms with Crippen LogP contribution in [-0.4, -0.2) is 84.4 Å². The van der Waals surface area contributed by atoms with Crippen LogP contribution in [0.3, 0.4) is 0 Å². The molecular formula is C17H22N2O6. The molecule has 2 aliphatic heterocycles. The lowest BCUT2D eigenvalue weighted by molar-refractivity contribution is -0.138. The summed E-state index contributed by atoms with van der Waals surface area (Å²) in [7, 11) is 1.45. The minimum atomic E-state index is -0.876. The molecule has 0 spiro atoms. The van der Waals surface area contributed by atoms with Crippen molar-refractivity contribution in [2.24, 2.45) is 5.92 Å². The number of hydrogen-bond donors (Lipinski definition) is 2. The second kappa shape index (κ2) is 7.28. The first-order valence-electron chi connectivity index (χ1n) is 8.17. The molecule has 1 amide bonds. The van der Waals surface area contributed by atoms with Gasteiger partial charge in [-0.05, 0) is 18.2 Å². The van der Waals surface area contributed by atoms with Gasteiger partial charge in [-0.1, -0.05) is 0 Å². The largest absolute Gasteiger partial charge is 0.504 e. The summed E-state index contributed by atoms with van der Waals surface area (Å²) < 4.78 is 10.7. The summed E-state index contributed by atoms with van der Waals surface area (Å²) in [5, 5.41) is 19.0. The molecule has 8 heteroatoms. The van der Waals surface area contributed by atoms with Crippen molar-refractivity contribution >= 4 is 11.9 Å². The van der Waals surface area contributed by atoms with E-state index in [1.54, 1.807) is 17.0 Å². The summed E-state index contributed by atoms with van der Waals surface area (Å²) >= 11 is 0. The SMILES string of the molecule is COc1ccc(C(=O)N2C[C@H]3COC[C@@H]2CN(CC(=O)O)C3)cc1O. The summed E-state index contributed by atoms with van der Waals surface area (Å²) in [6, 6.07) is 4.35. The molecule has 2 N–H and O–H groups in total. The monoisotopic (exact) mass is 350 g/mol. The summed E-state index contributed by atoms with van der Waals surface area (Å²) in [6.45, 7) is 2.38. The summed E-state index contributed by atoms with van der Waals surface area (Å²) in [6.07, 6.45) is 0. The molecule has 1 aromatic rings. The highest BCUT2D eigenvalue weighted by Crippen LogP contribution is 2.28. The van der Waals surface area contributed by atoms with E-state index in [4.69, 9.17) is 14.6 Å². The van der Waals surface area contributed by atoms with Crippen LogP contribution in [0.4, 0.5) is 0 Å². The number of amides is 1. The van der Waals surface area contributed by atoms with Crippen molar-refractivity contribution in [1.82, 2.24) is 9.80 Å². The second-order valence-corrected chi connectivity index (χ2v) is 6.49. The van der Waals surface area contributed by atoms with Gasteiger partial charge in [0.25, 0.3) is 5.91 Å². The fourth-order valence-corrected chi connectivity index (χ4v) is 3.50. The Labute approximate surface area is 145 Å². The first-order chi connectivity index (χ1) is 12.0. The van der Waals surface area contributed by atoms with E-state index in [1.165, 1.54) is 13.2 Å². The zero-order valence-corrected chi connectivity index (χ0v) is 14.1. The number of aliphatic carboxylic acids is 1. The Morgan fingerprint density at radius 3 is 2.76 bits per heavy atom. The highest BCUT2D eigenvalue weighted by molar-refractivity contribution is 5.95. The number of hydrogen-bond acceptors (Lipinski definition) is 6. The molecule has 0 aliphatic carbocycles. The zero-order chi connectivity index (χ0) is 18.0. The van der Waals surface area contributed by atoms with Crippen molar-refractivity contribution in [3.05, 3.63) is 23.8 Å². The average molecular weight is 350 g/mol. The third-order valence-electron chi connectivity index (χ3n) is 4.59. The van der Waals surface area contributed by atoms with Crippen molar-refractivity contribution in [3.8, 4) is 11.5 Å². The van der Waals surface area contributed by atoms with E-state index in [9.17, 15) is 14.7 Å². The molecule has 3 rings (SSSR count). The van der Waals surface area contributed by atoms with E-state index in [0.717, 1.165) is 0 Å². The van der Waals surface area contributed by atoms with Crippen LogP contribution in [0.15, 0.2) is 18.2 Å². The van der Waals surface area contributed by atoms with Crippen LogP contribution >= 0.6 is 0 Å². The van der Waals surface area contributed by atoms with Gasteiger partial charge in [-0.15, -0.1) is 0 Å². The van der Waals surface area contributed by atoms with Gasteiger partial charge in [0, 0.05) is 31.1 Å². The third kappa shape index (κ3) is 3.85. The molecule has 0 radical (unpaired) electrons. The number of aromatic hydroxyl groups is 1. The molecule has 2 aliphatic rings. The molecule has 8 nitrogen and oxygen atoms in total. The van der Waals surface area contributed by atoms with Gasteiger partial charge >= 0.3 is 5.97 Å². The molecular weight excluding hydrogens is 328 g/mol. The number of ether oxygens (including phenoxy) is 2. The number of phenolic OH excluding ortho intramolecular Hbond substituents is 1. The average Bonchev–Trinajstić information content (AvgIpc) is 2.84. The Kier molecular flexibility index (Phi) is 5.10. The Morgan fingerprint density at radius 1 is 1.28 bits per heavy atom. The predicted molar refractivity (Wildman–Crippen MR) is 87.9 cm³/mol. The van der Waals surface area contributed by atoms with Crippen molar-refractivity contribution in [2.75, 3.05) is 46.5 Å². The topological polar surface area (TPSA) is 99.5 Å². The number of carboxylic acids is 1. The van der Waals surface area contributed by atoms with E-state index in [0.29, 0.717) is 44.2 Å². The van der Waals surface area contributed by atoms with E-state index in [2.05, 4.69) is 0 Å². The zero-order valence-electron chi connectivity index (χ0n) is 14.1. The number of carbonyl (C=O) groups excluding carboxylic acids is 1. The highest BCUT2D eigenvalue weighted by atomic mass is 16.5. The molecule has 0 saturated carbocycles. The van der Waals surface area contributed by atoms with Crippen LogP contribution in [0.25, 0.3) is 0 Å². The molecule has 1 aromatic carbocycles. The van der Waals surface area contributed by atoms with E-state index in [-0.39, 0.29) is 30.2 Å². The van der Waals surface area contributed by atoms with Crippen LogP contribution in [0.2, 0.25) is 0 Å². The maximum atomic E-state index is 13.0. The van der Waals surface area contributed by atoms with Crippen molar-refractivity contribution < 1.29 is 29.3 Å². The lowest BCUT2D eigenvalue weighted by Gasteiger charge is -2.30. The molecule has 2 bridgehead atoms. The van der Waals surface area contributed by atoms with Crippen molar-refractivity contribution in [3.63, 3.8) is 0 Å². The molecule has 2 saturated heterocycles. The summed E-state index contributed by atoms with van der Waals surface area (Å²) in [4.78, 5) is 27.6. The van der Waals surface area contributed by atoms with Gasteiger partial charge in [-0.3, -0.25) is 14.5 Å². The maximum absolute atomic E-state index is 13.0. The Hall–Kier alpha value is -2.32. The van der Waals surface area contributed by atoms with Crippen LogP contribution in [-0.2, 0) is 9.53 Å². The minimum absolute atomic E-state index is 0.0433. The van der Waals surface area contributed by atoms with Gasteiger partial charge in [0.2, 0.25) is 0 Å². The van der Waals surface area contributed by atoms with E-state index >= 15 is 0 Å². The summed E-state index contributed by atoms with van der Waals surface area (Å²) in [5.74, 6) is -0.797. The van der Waals surface area contributed by atoms with Gasteiger partial charge in [-0.25, -0.2) is 0 Å². The van der Waals surface area contributed by atoms with Crippen LogP contribution in [0.5, 0.6) is 11.5 Å². The van der Waals surface area contributed by atoms with Gasteiger partial charge in [0.1, 0.15) is 0 Å². The lowest BCUT2D eigenvalue weighted by atomic mass is 10.1. The fourth-order valence-electron chi connectivity index (χ4n) is 3.50. The molecule has 136 valence electrons. The quantitative estimate of drug-likeness (QED) is 0.803. The Morgan fingerprint density at radius 2 is 2.08 bits per heavy atom. The Bertz CT molecular complexity index is 665. The Balaban J connectivity index is 1.82. The number of carboxylic acid groups (broad SMARTS) is 1. The first-order valence-corrected chi connectivity index (χ1v) is 8.17. The molecule has 2 fully saturated rings. The van der Waals surface area contributed by atoms with E-state index < -0.39 is 5.97 Å². The first kappa shape index (κ1) is 17.5. The maximum Gasteiger partial charge on any atom is 0.317 e. The molecule has 0 unspecified atom stereocenters. The van der Waals surface area contributed by atoms with E-state index in [1.807, 2.05) is 4.90 Å². The van der Waals surface area contributed by atoms with Crippen molar-refractivity contribution in [1.29, 1.82) is 0 Å². The molecule has 2 heterocycles. The van der Waals surface area contributed by atoms with Crippen molar-refractivity contribution in [2.45, 2.75) is 6.04 Å². The predicted octanol–water partition coefficient (Wildman–Crippen LogP) is 0.258. The number of rotatable bonds is 4. The normalized spacial score (nSPS) is 23.8. The lowest BCUT2D eigenvalue weighted by Crippen LogP contribution is -2.47.